The van der Waals surface area contributed by atoms with E-state index in [9.17, 15) is 4.79 Å². The van der Waals surface area contributed by atoms with Crippen LogP contribution in [0.3, 0.4) is 0 Å². The van der Waals surface area contributed by atoms with Gasteiger partial charge in [-0.25, -0.2) is 4.79 Å². The first-order valence-corrected chi connectivity index (χ1v) is 3.45. The van der Waals surface area contributed by atoms with Crippen LogP contribution in [0.25, 0.3) is 0 Å². The number of aliphatic hydroxyl groups excluding tert-OH is 1. The van der Waals surface area contributed by atoms with Crippen molar-refractivity contribution in [1.82, 2.24) is 0 Å². The number of rotatable bonds is 3. The molecule has 10 heavy (non-hydrogen) atoms. The molecular weight excluding hydrogens is 152 g/mol. The molecule has 0 amide bonds. The molecule has 0 spiro atoms. The van der Waals surface area contributed by atoms with Gasteiger partial charge >= 0.3 is 5.30 Å². The predicted molar refractivity (Wildman–Crippen MR) is 41.2 cm³/mol. The normalized spacial score (nSPS) is 11.2. The van der Waals surface area contributed by atoms with Gasteiger partial charge in [-0.05, 0) is 13.8 Å². The molecule has 3 nitrogen and oxygen atoms in total. The second-order valence-electron chi connectivity index (χ2n) is 2.60. The monoisotopic (exact) mass is 164 g/mol. The van der Waals surface area contributed by atoms with Gasteiger partial charge in [0.15, 0.2) is 0 Å². The maximum Gasteiger partial charge on any atom is 0.364 e. The summed E-state index contributed by atoms with van der Waals surface area (Å²) in [6.07, 6.45) is 0.430. The van der Waals surface area contributed by atoms with Crippen molar-refractivity contribution in [3.63, 3.8) is 0 Å². The fourth-order valence-corrected chi connectivity index (χ4v) is 0.804. The SMILES string of the molecule is CC(C)(CCO)OC(=O)S. The zero-order chi connectivity index (χ0) is 8.20. The van der Waals surface area contributed by atoms with Crippen LogP contribution < -0.4 is 0 Å². The van der Waals surface area contributed by atoms with Crippen LogP contribution in [0.5, 0.6) is 0 Å². The molecule has 0 atom stereocenters. The fraction of sp³-hybridized carbons (Fsp3) is 0.833. The van der Waals surface area contributed by atoms with Crippen LogP contribution in [0.4, 0.5) is 4.79 Å². The van der Waals surface area contributed by atoms with Crippen LogP contribution in [-0.2, 0) is 4.74 Å². The van der Waals surface area contributed by atoms with Gasteiger partial charge in [-0.2, -0.15) is 0 Å². The Hall–Kier alpha value is -0.220. The lowest BCUT2D eigenvalue weighted by molar-refractivity contribution is 0.0378. The third-order valence-electron chi connectivity index (χ3n) is 1.08. The molecule has 0 aromatic rings. The average Bonchev–Trinajstić information content (AvgIpc) is 1.59. The Labute approximate surface area is 65.8 Å². The van der Waals surface area contributed by atoms with Crippen molar-refractivity contribution in [3.8, 4) is 0 Å². The molecule has 0 aromatic carbocycles. The Morgan fingerprint density at radius 3 is 2.50 bits per heavy atom. The molecule has 0 radical (unpaired) electrons. The minimum Gasteiger partial charge on any atom is -0.452 e. The summed E-state index contributed by atoms with van der Waals surface area (Å²) in [7, 11) is 0. The number of thiol groups is 1. The van der Waals surface area contributed by atoms with E-state index in [-0.39, 0.29) is 6.61 Å². The zero-order valence-electron chi connectivity index (χ0n) is 6.13. The van der Waals surface area contributed by atoms with E-state index < -0.39 is 10.9 Å². The van der Waals surface area contributed by atoms with Crippen LogP contribution in [0.15, 0.2) is 0 Å². The third kappa shape index (κ3) is 4.64. The Kier molecular flexibility index (Phi) is 3.75. The molecule has 0 aliphatic rings. The lowest BCUT2D eigenvalue weighted by Crippen LogP contribution is -2.26. The van der Waals surface area contributed by atoms with Crippen molar-refractivity contribution < 1.29 is 14.6 Å². The van der Waals surface area contributed by atoms with Gasteiger partial charge in [0.1, 0.15) is 5.60 Å². The van der Waals surface area contributed by atoms with E-state index >= 15 is 0 Å². The summed E-state index contributed by atoms with van der Waals surface area (Å²) in [5.74, 6) is 0. The van der Waals surface area contributed by atoms with Crippen molar-refractivity contribution in [2.45, 2.75) is 25.9 Å². The van der Waals surface area contributed by atoms with Gasteiger partial charge in [0, 0.05) is 13.0 Å². The van der Waals surface area contributed by atoms with Crippen molar-refractivity contribution >= 4 is 17.9 Å². The molecule has 0 aromatic heterocycles. The van der Waals surface area contributed by atoms with Crippen molar-refractivity contribution in [2.75, 3.05) is 6.61 Å². The van der Waals surface area contributed by atoms with Gasteiger partial charge in [0.2, 0.25) is 0 Å². The first-order chi connectivity index (χ1) is 4.48. The second-order valence-corrected chi connectivity index (χ2v) is 2.97. The van der Waals surface area contributed by atoms with Crippen LogP contribution in [0, 0.1) is 0 Å². The number of hydrogen-bond acceptors (Lipinski definition) is 3. The van der Waals surface area contributed by atoms with E-state index in [4.69, 9.17) is 9.84 Å². The molecular formula is C6H12O3S. The summed E-state index contributed by atoms with van der Waals surface area (Å²) < 4.78 is 4.74. The zero-order valence-corrected chi connectivity index (χ0v) is 7.02. The molecule has 0 bridgehead atoms. The highest BCUT2D eigenvalue weighted by molar-refractivity contribution is 7.96. The molecule has 1 N–H and O–H groups in total. The smallest absolute Gasteiger partial charge is 0.364 e. The van der Waals surface area contributed by atoms with Crippen LogP contribution >= 0.6 is 12.6 Å². The van der Waals surface area contributed by atoms with E-state index in [2.05, 4.69) is 12.6 Å². The standard InChI is InChI=1S/C6H12O3S/c1-6(2,3-4-7)9-5(8)10/h7H,3-4H2,1-2H3,(H,8,10). The van der Waals surface area contributed by atoms with Crippen molar-refractivity contribution in [1.29, 1.82) is 0 Å². The molecule has 0 saturated carbocycles. The fourth-order valence-electron chi connectivity index (χ4n) is 0.557. The highest BCUT2D eigenvalue weighted by atomic mass is 32.1. The Morgan fingerprint density at radius 1 is 1.70 bits per heavy atom. The number of hydrogen-bond donors (Lipinski definition) is 2. The van der Waals surface area contributed by atoms with Crippen molar-refractivity contribution in [3.05, 3.63) is 0 Å². The molecule has 0 aliphatic heterocycles. The number of carbonyl (C=O) groups excluding carboxylic acids is 1. The largest absolute Gasteiger partial charge is 0.452 e. The predicted octanol–water partition coefficient (Wildman–Crippen LogP) is 1.21. The van der Waals surface area contributed by atoms with E-state index in [0.717, 1.165) is 0 Å². The van der Waals surface area contributed by atoms with Crippen LogP contribution in [0.1, 0.15) is 20.3 Å². The number of aliphatic hydroxyl groups is 1. The number of carbonyl (C=O) groups is 1. The highest BCUT2D eigenvalue weighted by Gasteiger charge is 2.20. The quantitative estimate of drug-likeness (QED) is 0.487. The topological polar surface area (TPSA) is 46.5 Å². The van der Waals surface area contributed by atoms with Gasteiger partial charge in [0.05, 0.1) is 0 Å². The highest BCUT2D eigenvalue weighted by Crippen LogP contribution is 2.14. The number of ether oxygens (including phenoxy) is 1. The van der Waals surface area contributed by atoms with E-state index in [1.807, 2.05) is 0 Å². The van der Waals surface area contributed by atoms with Crippen LogP contribution in [-0.4, -0.2) is 22.6 Å². The van der Waals surface area contributed by atoms with Crippen LogP contribution in [0.2, 0.25) is 0 Å². The van der Waals surface area contributed by atoms with Gasteiger partial charge in [-0.3, -0.25) is 0 Å². The summed E-state index contributed by atoms with van der Waals surface area (Å²) in [6.45, 7) is 3.45. The van der Waals surface area contributed by atoms with Gasteiger partial charge in [0.25, 0.3) is 0 Å². The maximum absolute atomic E-state index is 10.3. The lowest BCUT2D eigenvalue weighted by atomic mass is 10.1. The maximum atomic E-state index is 10.3. The average molecular weight is 164 g/mol. The van der Waals surface area contributed by atoms with Gasteiger partial charge in [-0.1, -0.05) is 12.6 Å². The third-order valence-corrected chi connectivity index (χ3v) is 1.17. The molecule has 0 rings (SSSR count). The molecule has 0 aliphatic carbocycles. The molecule has 0 heterocycles. The van der Waals surface area contributed by atoms with Gasteiger partial charge in [-0.15, -0.1) is 0 Å². The Balaban J connectivity index is 3.74. The van der Waals surface area contributed by atoms with E-state index in [0.29, 0.717) is 6.42 Å². The summed E-state index contributed by atoms with van der Waals surface area (Å²) in [5, 5.41) is 7.89. The Morgan fingerprint density at radius 2 is 2.20 bits per heavy atom. The molecule has 0 fully saturated rings. The summed E-state index contributed by atoms with van der Waals surface area (Å²) in [6, 6.07) is 0. The minimum atomic E-state index is -0.613. The summed E-state index contributed by atoms with van der Waals surface area (Å²) in [5.41, 5.74) is -0.604. The summed E-state index contributed by atoms with van der Waals surface area (Å²) in [4.78, 5) is 10.3. The molecule has 0 saturated heterocycles. The summed E-state index contributed by atoms with van der Waals surface area (Å²) >= 11 is 3.44. The first kappa shape index (κ1) is 9.78. The van der Waals surface area contributed by atoms with E-state index in [1.165, 1.54) is 0 Å². The Bertz CT molecular complexity index is 122. The minimum absolute atomic E-state index is 0.00799. The molecule has 60 valence electrons. The molecule has 0 unspecified atom stereocenters. The lowest BCUT2D eigenvalue weighted by Gasteiger charge is -2.22. The second kappa shape index (κ2) is 3.83. The van der Waals surface area contributed by atoms with E-state index in [1.54, 1.807) is 13.8 Å². The van der Waals surface area contributed by atoms with Crippen molar-refractivity contribution in [2.24, 2.45) is 0 Å². The van der Waals surface area contributed by atoms with Gasteiger partial charge < -0.3 is 9.84 Å². The first-order valence-electron chi connectivity index (χ1n) is 3.01. The molecule has 4 heteroatoms.